The summed E-state index contributed by atoms with van der Waals surface area (Å²) in [5.74, 6) is 1.46. The molecule has 23 heavy (non-hydrogen) atoms. The van der Waals surface area contributed by atoms with Crippen molar-refractivity contribution in [1.29, 1.82) is 0 Å². The van der Waals surface area contributed by atoms with E-state index in [0.29, 0.717) is 28.2 Å². The Hall–Kier alpha value is -3.35. The van der Waals surface area contributed by atoms with E-state index in [2.05, 4.69) is 15.2 Å². The molecular weight excluding hydrogens is 296 g/mol. The molecule has 7 nitrogen and oxygen atoms in total. The number of nitrogens with one attached hydrogen (secondary N) is 1. The predicted molar refractivity (Wildman–Crippen MR) is 84.2 cm³/mol. The molecule has 1 N–H and O–H groups in total. The normalized spacial score (nSPS) is 11.0. The van der Waals surface area contributed by atoms with Crippen LogP contribution < -0.4 is 15.2 Å². The van der Waals surface area contributed by atoms with Gasteiger partial charge < -0.3 is 9.47 Å². The van der Waals surface area contributed by atoms with Gasteiger partial charge >= 0.3 is 5.69 Å². The summed E-state index contributed by atoms with van der Waals surface area (Å²) in [5, 5.41) is 6.44. The maximum atomic E-state index is 12.0. The van der Waals surface area contributed by atoms with Gasteiger partial charge in [0.2, 0.25) is 5.65 Å². The molecule has 2 aromatic carbocycles. The van der Waals surface area contributed by atoms with Crippen molar-refractivity contribution in [3.63, 3.8) is 0 Å². The number of ether oxygens (including phenoxy) is 2. The SMILES string of the molecule is COc1cccc(Oc2nc3ccccc3n3c(=O)[nH]nc23)c1. The molecule has 2 heterocycles. The van der Waals surface area contributed by atoms with Gasteiger partial charge in [0, 0.05) is 6.07 Å². The lowest BCUT2D eigenvalue weighted by Gasteiger charge is -2.08. The lowest BCUT2D eigenvalue weighted by atomic mass is 10.3. The molecule has 0 spiro atoms. The Labute approximate surface area is 130 Å². The van der Waals surface area contributed by atoms with Gasteiger partial charge in [-0.1, -0.05) is 18.2 Å². The summed E-state index contributed by atoms with van der Waals surface area (Å²) < 4.78 is 12.4. The molecule has 0 amide bonds. The van der Waals surface area contributed by atoms with Crippen molar-refractivity contribution >= 4 is 16.7 Å². The van der Waals surface area contributed by atoms with Crippen LogP contribution in [0.3, 0.4) is 0 Å². The van der Waals surface area contributed by atoms with Gasteiger partial charge in [-0.3, -0.25) is 0 Å². The Kier molecular flexibility index (Phi) is 2.97. The molecule has 0 fully saturated rings. The van der Waals surface area contributed by atoms with Crippen LogP contribution in [0.25, 0.3) is 16.7 Å². The minimum absolute atomic E-state index is 0.246. The first-order chi connectivity index (χ1) is 11.3. The highest BCUT2D eigenvalue weighted by molar-refractivity contribution is 5.79. The molecule has 0 aliphatic rings. The molecule has 0 saturated heterocycles. The Morgan fingerprint density at radius 2 is 1.91 bits per heavy atom. The highest BCUT2D eigenvalue weighted by atomic mass is 16.5. The highest BCUT2D eigenvalue weighted by Crippen LogP contribution is 2.27. The Balaban J connectivity index is 1.93. The first-order valence-electron chi connectivity index (χ1n) is 6.94. The van der Waals surface area contributed by atoms with Gasteiger partial charge in [-0.2, -0.15) is 0 Å². The number of aromatic amines is 1. The second-order valence-electron chi connectivity index (χ2n) is 4.87. The molecule has 2 aromatic heterocycles. The number of nitrogens with zero attached hydrogens (tertiary/aromatic N) is 3. The van der Waals surface area contributed by atoms with E-state index in [4.69, 9.17) is 9.47 Å². The average Bonchev–Trinajstić information content (AvgIpc) is 2.98. The van der Waals surface area contributed by atoms with Crippen molar-refractivity contribution in [2.24, 2.45) is 0 Å². The van der Waals surface area contributed by atoms with Gasteiger partial charge in [-0.15, -0.1) is 5.10 Å². The molecule has 0 aliphatic carbocycles. The van der Waals surface area contributed by atoms with Crippen LogP contribution in [-0.4, -0.2) is 26.7 Å². The zero-order valence-electron chi connectivity index (χ0n) is 12.2. The van der Waals surface area contributed by atoms with E-state index < -0.39 is 0 Å². The molecule has 4 rings (SSSR count). The molecule has 7 heteroatoms. The summed E-state index contributed by atoms with van der Waals surface area (Å²) >= 11 is 0. The molecule has 0 radical (unpaired) electrons. The number of hydrogen-bond acceptors (Lipinski definition) is 5. The zero-order valence-corrected chi connectivity index (χ0v) is 12.2. The van der Waals surface area contributed by atoms with Crippen LogP contribution in [0.15, 0.2) is 53.3 Å². The fourth-order valence-corrected chi connectivity index (χ4v) is 2.42. The number of hydrogen-bond donors (Lipinski definition) is 1. The predicted octanol–water partition coefficient (Wildman–Crippen LogP) is 2.37. The van der Waals surface area contributed by atoms with Gasteiger partial charge in [0.05, 0.1) is 18.1 Å². The number of H-pyrrole nitrogens is 1. The van der Waals surface area contributed by atoms with E-state index in [1.54, 1.807) is 19.2 Å². The third-order valence-electron chi connectivity index (χ3n) is 3.46. The number of benzene rings is 2. The fourth-order valence-electron chi connectivity index (χ4n) is 2.42. The smallest absolute Gasteiger partial charge is 0.348 e. The van der Waals surface area contributed by atoms with Crippen LogP contribution in [-0.2, 0) is 0 Å². The molecule has 4 aromatic rings. The van der Waals surface area contributed by atoms with Gasteiger partial charge in [0.1, 0.15) is 11.5 Å². The zero-order chi connectivity index (χ0) is 15.8. The lowest BCUT2D eigenvalue weighted by Crippen LogP contribution is -2.11. The van der Waals surface area contributed by atoms with E-state index in [1.807, 2.05) is 36.4 Å². The van der Waals surface area contributed by atoms with Crippen molar-refractivity contribution in [3.05, 3.63) is 59.0 Å². The average molecular weight is 308 g/mol. The Bertz CT molecular complexity index is 1070. The second kappa shape index (κ2) is 5.13. The largest absolute Gasteiger partial charge is 0.497 e. The fraction of sp³-hybridized carbons (Fsp3) is 0.0625. The Morgan fingerprint density at radius 3 is 2.78 bits per heavy atom. The van der Waals surface area contributed by atoms with Crippen molar-refractivity contribution < 1.29 is 9.47 Å². The third-order valence-corrected chi connectivity index (χ3v) is 3.46. The molecule has 0 bridgehead atoms. The molecule has 0 atom stereocenters. The Morgan fingerprint density at radius 1 is 1.09 bits per heavy atom. The molecule has 0 unspecified atom stereocenters. The minimum Gasteiger partial charge on any atom is -0.497 e. The third kappa shape index (κ3) is 2.18. The quantitative estimate of drug-likeness (QED) is 0.628. The van der Waals surface area contributed by atoms with Gasteiger partial charge in [0.25, 0.3) is 5.88 Å². The van der Waals surface area contributed by atoms with Crippen molar-refractivity contribution in [1.82, 2.24) is 19.6 Å². The molecule has 0 aliphatic heterocycles. The topological polar surface area (TPSA) is 81.5 Å². The lowest BCUT2D eigenvalue weighted by molar-refractivity contribution is 0.408. The van der Waals surface area contributed by atoms with E-state index in [1.165, 1.54) is 4.40 Å². The molecule has 0 saturated carbocycles. The summed E-state index contributed by atoms with van der Waals surface area (Å²) in [4.78, 5) is 16.5. The van der Waals surface area contributed by atoms with E-state index >= 15 is 0 Å². The highest BCUT2D eigenvalue weighted by Gasteiger charge is 2.14. The van der Waals surface area contributed by atoms with Crippen molar-refractivity contribution in [3.8, 4) is 17.4 Å². The van der Waals surface area contributed by atoms with Gasteiger partial charge in [-0.05, 0) is 24.3 Å². The number of rotatable bonds is 3. The number of para-hydroxylation sites is 2. The molecule has 114 valence electrons. The van der Waals surface area contributed by atoms with E-state index in [9.17, 15) is 4.79 Å². The van der Waals surface area contributed by atoms with Crippen LogP contribution in [0.2, 0.25) is 0 Å². The summed E-state index contributed by atoms with van der Waals surface area (Å²) in [7, 11) is 1.58. The van der Waals surface area contributed by atoms with Crippen molar-refractivity contribution in [2.45, 2.75) is 0 Å². The maximum absolute atomic E-state index is 12.0. The van der Waals surface area contributed by atoms with Crippen LogP contribution >= 0.6 is 0 Å². The van der Waals surface area contributed by atoms with Crippen molar-refractivity contribution in [2.75, 3.05) is 7.11 Å². The minimum atomic E-state index is -0.339. The number of fused-ring (bicyclic) bond motifs is 3. The first-order valence-corrected chi connectivity index (χ1v) is 6.94. The summed E-state index contributed by atoms with van der Waals surface area (Å²) in [6, 6.07) is 14.4. The summed E-state index contributed by atoms with van der Waals surface area (Å²) in [5.41, 5.74) is 1.30. The van der Waals surface area contributed by atoms with Gasteiger partial charge in [-0.25, -0.2) is 19.3 Å². The monoisotopic (exact) mass is 308 g/mol. The maximum Gasteiger partial charge on any atom is 0.348 e. The van der Waals surface area contributed by atoms with Crippen LogP contribution in [0.5, 0.6) is 17.4 Å². The van der Waals surface area contributed by atoms with Crippen LogP contribution in [0.4, 0.5) is 0 Å². The van der Waals surface area contributed by atoms with Crippen LogP contribution in [0, 0.1) is 0 Å². The van der Waals surface area contributed by atoms with Crippen LogP contribution in [0.1, 0.15) is 0 Å². The summed E-state index contributed by atoms with van der Waals surface area (Å²) in [6.07, 6.45) is 0. The molecular formula is C16H12N4O3. The van der Waals surface area contributed by atoms with E-state index in [-0.39, 0.29) is 11.6 Å². The number of methoxy groups -OCH3 is 1. The summed E-state index contributed by atoms with van der Waals surface area (Å²) in [6.45, 7) is 0. The van der Waals surface area contributed by atoms with Gasteiger partial charge in [0.15, 0.2) is 0 Å². The first kappa shape index (κ1) is 13.3. The second-order valence-corrected chi connectivity index (χ2v) is 4.87. The van der Waals surface area contributed by atoms with E-state index in [0.717, 1.165) is 0 Å². The standard InChI is InChI=1S/C16H12N4O3/c1-22-10-5-4-6-11(9-10)23-15-14-18-19-16(21)20(14)13-8-3-2-7-12(13)17-15/h2-9H,1H3,(H,19,21). The number of aromatic nitrogens is 4.